The lowest BCUT2D eigenvalue weighted by atomic mass is 9.97. The van der Waals surface area contributed by atoms with Crippen LogP contribution in [0.5, 0.6) is 0 Å². The molecule has 0 bridgehead atoms. The van der Waals surface area contributed by atoms with E-state index in [0.29, 0.717) is 11.6 Å². The molecule has 0 heterocycles. The van der Waals surface area contributed by atoms with Crippen LogP contribution >= 0.6 is 0 Å². The number of hydrogen-bond acceptors (Lipinski definition) is 5. The van der Waals surface area contributed by atoms with Gasteiger partial charge >= 0.3 is 5.97 Å². The van der Waals surface area contributed by atoms with Crippen LogP contribution in [0, 0.1) is 17.2 Å². The zero-order valence-electron chi connectivity index (χ0n) is 17.1. The van der Waals surface area contributed by atoms with Crippen LogP contribution < -0.4 is 10.6 Å². The summed E-state index contributed by atoms with van der Waals surface area (Å²) in [6.45, 7) is 3.77. The van der Waals surface area contributed by atoms with E-state index in [4.69, 9.17) is 10.00 Å². The van der Waals surface area contributed by atoms with Gasteiger partial charge in [0.25, 0.3) is 5.91 Å². The molecule has 0 aromatic heterocycles. The molecule has 2 N–H and O–H groups in total. The number of benzene rings is 2. The Balaban J connectivity index is 1.89. The van der Waals surface area contributed by atoms with E-state index >= 15 is 0 Å². The monoisotopic (exact) mass is 407 g/mol. The lowest BCUT2D eigenvalue weighted by molar-refractivity contribution is -0.125. The Bertz CT molecular complexity index is 902. The van der Waals surface area contributed by atoms with Crippen molar-refractivity contribution in [3.05, 3.63) is 65.7 Å². The molecule has 7 nitrogen and oxygen atoms in total. The molecule has 0 unspecified atom stereocenters. The van der Waals surface area contributed by atoms with Gasteiger partial charge in [0.1, 0.15) is 6.42 Å². The molecule has 0 radical (unpaired) electrons. The maximum Gasteiger partial charge on any atom is 0.338 e. The first-order valence-corrected chi connectivity index (χ1v) is 9.67. The molecule has 7 heteroatoms. The van der Waals surface area contributed by atoms with Crippen LogP contribution in [0.25, 0.3) is 0 Å². The molecule has 1 atom stereocenters. The van der Waals surface area contributed by atoms with Gasteiger partial charge in [-0.15, -0.1) is 0 Å². The topological polar surface area (TPSA) is 108 Å². The number of rotatable bonds is 9. The minimum absolute atomic E-state index is 0.159. The Labute approximate surface area is 176 Å². The molecular formula is C23H25N3O4. The fourth-order valence-electron chi connectivity index (χ4n) is 2.85. The number of esters is 1. The number of carbonyl (C=O) groups is 3. The quantitative estimate of drug-likeness (QED) is 0.618. The average molecular weight is 407 g/mol. The Morgan fingerprint density at radius 3 is 2.27 bits per heavy atom. The highest BCUT2D eigenvalue weighted by Gasteiger charge is 2.17. The summed E-state index contributed by atoms with van der Waals surface area (Å²) in [6, 6.07) is 17.3. The minimum atomic E-state index is -0.639. The van der Waals surface area contributed by atoms with Crippen LogP contribution in [0.1, 0.15) is 48.7 Å². The van der Waals surface area contributed by atoms with Crippen LogP contribution in [0.3, 0.4) is 0 Å². The van der Waals surface area contributed by atoms with Gasteiger partial charge in [-0.2, -0.15) is 5.26 Å². The van der Waals surface area contributed by atoms with Crippen molar-refractivity contribution >= 4 is 23.5 Å². The number of amides is 2. The highest BCUT2D eigenvalue weighted by molar-refractivity contribution is 5.94. The van der Waals surface area contributed by atoms with Crippen LogP contribution in [0.15, 0.2) is 54.6 Å². The predicted molar refractivity (Wildman–Crippen MR) is 112 cm³/mol. The first-order valence-electron chi connectivity index (χ1n) is 9.67. The third-order valence-corrected chi connectivity index (χ3v) is 4.22. The fraction of sp³-hybridized carbons (Fsp3) is 0.304. The molecule has 0 aliphatic carbocycles. The van der Waals surface area contributed by atoms with E-state index in [0.717, 1.165) is 12.0 Å². The van der Waals surface area contributed by atoms with Crippen molar-refractivity contribution in [3.8, 4) is 6.07 Å². The van der Waals surface area contributed by atoms with Gasteiger partial charge in [-0.1, -0.05) is 44.2 Å². The summed E-state index contributed by atoms with van der Waals surface area (Å²) in [7, 11) is 0. The van der Waals surface area contributed by atoms with Crippen LogP contribution in [-0.2, 0) is 14.3 Å². The molecule has 0 aliphatic rings. The molecular weight excluding hydrogens is 382 g/mol. The summed E-state index contributed by atoms with van der Waals surface area (Å²) in [5.41, 5.74) is 1.71. The summed E-state index contributed by atoms with van der Waals surface area (Å²) >= 11 is 0. The summed E-state index contributed by atoms with van der Waals surface area (Å²) in [6.07, 6.45) is 0.516. The van der Waals surface area contributed by atoms with E-state index in [1.165, 1.54) is 24.3 Å². The van der Waals surface area contributed by atoms with Crippen molar-refractivity contribution in [2.75, 3.05) is 11.9 Å². The smallest absolute Gasteiger partial charge is 0.338 e. The lowest BCUT2D eigenvalue weighted by Crippen LogP contribution is -2.33. The van der Waals surface area contributed by atoms with E-state index in [-0.39, 0.29) is 30.5 Å². The van der Waals surface area contributed by atoms with E-state index in [2.05, 4.69) is 24.5 Å². The van der Waals surface area contributed by atoms with Gasteiger partial charge in [0.2, 0.25) is 5.91 Å². The normalized spacial score (nSPS) is 11.3. The summed E-state index contributed by atoms with van der Waals surface area (Å²) in [4.78, 5) is 35.9. The Kier molecular flexibility index (Phi) is 8.57. The van der Waals surface area contributed by atoms with Gasteiger partial charge < -0.3 is 15.4 Å². The van der Waals surface area contributed by atoms with Crippen LogP contribution in [0.4, 0.5) is 5.69 Å². The van der Waals surface area contributed by atoms with Crippen molar-refractivity contribution < 1.29 is 19.1 Å². The number of carbonyl (C=O) groups excluding carboxylic acids is 3. The standard InChI is InChI=1S/C23H25N3O4/c1-16(2)14-20(17-6-4-3-5-7-17)26-22(28)15-30-23(29)18-8-10-19(11-9-18)25-21(27)12-13-24/h3-11,16,20H,12,14-15H2,1-2H3,(H,25,27)(H,26,28)/t20-/m0/s1. The van der Waals surface area contributed by atoms with Gasteiger partial charge in [0.05, 0.1) is 17.7 Å². The number of nitrogens with zero attached hydrogens (tertiary/aromatic N) is 1. The number of anilines is 1. The molecule has 0 spiro atoms. The molecule has 2 aromatic carbocycles. The van der Waals surface area contributed by atoms with Crippen molar-refractivity contribution in [2.24, 2.45) is 5.92 Å². The second-order valence-electron chi connectivity index (χ2n) is 7.20. The molecule has 30 heavy (non-hydrogen) atoms. The molecule has 156 valence electrons. The van der Waals surface area contributed by atoms with Gasteiger partial charge in [-0.05, 0) is 42.2 Å². The number of ether oxygens (including phenoxy) is 1. The third kappa shape index (κ3) is 7.40. The van der Waals surface area contributed by atoms with E-state index in [1.807, 2.05) is 30.3 Å². The first kappa shape index (κ1) is 22.6. The lowest BCUT2D eigenvalue weighted by Gasteiger charge is -2.21. The highest BCUT2D eigenvalue weighted by atomic mass is 16.5. The summed E-state index contributed by atoms with van der Waals surface area (Å²) in [5, 5.41) is 14.0. The largest absolute Gasteiger partial charge is 0.452 e. The molecule has 2 rings (SSSR count). The van der Waals surface area contributed by atoms with Gasteiger partial charge in [0, 0.05) is 5.69 Å². The predicted octanol–water partition coefficient (Wildman–Crippen LogP) is 3.60. The highest BCUT2D eigenvalue weighted by Crippen LogP contribution is 2.21. The summed E-state index contributed by atoms with van der Waals surface area (Å²) < 4.78 is 5.11. The Morgan fingerprint density at radius 2 is 1.67 bits per heavy atom. The van der Waals surface area contributed by atoms with Gasteiger partial charge in [0.15, 0.2) is 6.61 Å². The van der Waals surface area contributed by atoms with Gasteiger partial charge in [-0.25, -0.2) is 4.79 Å². The molecule has 0 saturated carbocycles. The zero-order valence-corrected chi connectivity index (χ0v) is 17.1. The number of nitrogens with one attached hydrogen (secondary N) is 2. The van der Waals surface area contributed by atoms with E-state index < -0.39 is 11.9 Å². The Morgan fingerprint density at radius 1 is 1.00 bits per heavy atom. The number of nitriles is 1. The van der Waals surface area contributed by atoms with Crippen molar-refractivity contribution in [1.82, 2.24) is 5.32 Å². The van der Waals surface area contributed by atoms with Gasteiger partial charge in [-0.3, -0.25) is 9.59 Å². The van der Waals surface area contributed by atoms with E-state index in [9.17, 15) is 14.4 Å². The van der Waals surface area contributed by atoms with E-state index in [1.54, 1.807) is 6.07 Å². The fourth-order valence-corrected chi connectivity index (χ4v) is 2.85. The maximum atomic E-state index is 12.3. The minimum Gasteiger partial charge on any atom is -0.452 e. The molecule has 2 amide bonds. The average Bonchev–Trinajstić information content (AvgIpc) is 2.72. The SMILES string of the molecule is CC(C)C[C@H](NC(=O)COC(=O)c1ccc(NC(=O)CC#N)cc1)c1ccccc1. The number of hydrogen-bond donors (Lipinski definition) is 2. The second-order valence-corrected chi connectivity index (χ2v) is 7.20. The van der Waals surface area contributed by atoms with Crippen molar-refractivity contribution in [1.29, 1.82) is 5.26 Å². The van der Waals surface area contributed by atoms with Crippen molar-refractivity contribution in [2.45, 2.75) is 32.7 Å². The first-order chi connectivity index (χ1) is 14.4. The Hall–Kier alpha value is -3.66. The van der Waals surface area contributed by atoms with Crippen LogP contribution in [-0.4, -0.2) is 24.4 Å². The molecule has 0 fully saturated rings. The van der Waals surface area contributed by atoms with Crippen molar-refractivity contribution in [3.63, 3.8) is 0 Å². The second kappa shape index (κ2) is 11.4. The molecule has 0 aliphatic heterocycles. The zero-order chi connectivity index (χ0) is 21.9. The molecule has 2 aromatic rings. The van der Waals surface area contributed by atoms with Crippen LogP contribution in [0.2, 0.25) is 0 Å². The third-order valence-electron chi connectivity index (χ3n) is 4.22. The maximum absolute atomic E-state index is 12.3. The molecule has 0 saturated heterocycles. The summed E-state index contributed by atoms with van der Waals surface area (Å²) in [5.74, 6) is -1.07.